The summed E-state index contributed by atoms with van der Waals surface area (Å²) in [6.07, 6.45) is 3.70. The highest BCUT2D eigenvalue weighted by Gasteiger charge is 2.23. The topological polar surface area (TPSA) is 48.2 Å². The Kier molecular flexibility index (Phi) is 3.37. The molecule has 0 spiro atoms. The lowest BCUT2D eigenvalue weighted by molar-refractivity contribution is 0.0881. The first-order valence-electron chi connectivity index (χ1n) is 4.90. The molecule has 0 radical (unpaired) electrons. The van der Waals surface area contributed by atoms with E-state index in [0.717, 1.165) is 32.3 Å². The number of rotatable bonds is 4. The van der Waals surface area contributed by atoms with Crippen LogP contribution >= 0.6 is 11.6 Å². The zero-order valence-electron chi connectivity index (χ0n) is 7.91. The molecule has 0 aromatic carbocycles. The first-order valence-corrected chi connectivity index (χ1v) is 5.43. The summed E-state index contributed by atoms with van der Waals surface area (Å²) in [6.45, 7) is 0.796. The van der Waals surface area contributed by atoms with Crippen LogP contribution in [0.2, 0.25) is 0 Å². The van der Waals surface area contributed by atoms with E-state index in [1.54, 1.807) is 0 Å². The van der Waals surface area contributed by atoms with Crippen LogP contribution < -0.4 is 0 Å². The predicted octanol–water partition coefficient (Wildman–Crippen LogP) is 2.09. The van der Waals surface area contributed by atoms with Gasteiger partial charge in [0, 0.05) is 18.9 Å². The van der Waals surface area contributed by atoms with Crippen LogP contribution in [0, 0.1) is 0 Å². The Bertz CT molecular complexity index is 284. The van der Waals surface area contributed by atoms with Gasteiger partial charge in [0.25, 0.3) is 0 Å². The summed E-state index contributed by atoms with van der Waals surface area (Å²) in [4.78, 5) is 0. The van der Waals surface area contributed by atoms with Crippen LogP contribution in [0.3, 0.4) is 0 Å². The van der Waals surface area contributed by atoms with Gasteiger partial charge in [0.1, 0.15) is 6.10 Å². The van der Waals surface area contributed by atoms with Gasteiger partial charge in [-0.2, -0.15) is 0 Å². The van der Waals surface area contributed by atoms with Crippen molar-refractivity contribution in [1.82, 2.24) is 10.2 Å². The van der Waals surface area contributed by atoms with Gasteiger partial charge in [0.05, 0.1) is 0 Å². The van der Waals surface area contributed by atoms with E-state index >= 15 is 0 Å². The molecule has 1 aromatic heterocycles. The van der Waals surface area contributed by atoms with Crippen LogP contribution in [-0.4, -0.2) is 22.7 Å². The normalized spacial score (nSPS) is 21.6. The summed E-state index contributed by atoms with van der Waals surface area (Å²) in [5, 5.41) is 7.91. The van der Waals surface area contributed by atoms with Crippen molar-refractivity contribution in [3.8, 4) is 0 Å². The SMILES string of the molecule is ClCCCc1nnc(C2CCCO2)o1. The predicted molar refractivity (Wildman–Crippen MR) is 51.3 cm³/mol. The van der Waals surface area contributed by atoms with Crippen molar-refractivity contribution in [2.24, 2.45) is 0 Å². The molecule has 0 N–H and O–H groups in total. The molecule has 1 fully saturated rings. The van der Waals surface area contributed by atoms with Gasteiger partial charge in [0.2, 0.25) is 11.8 Å². The summed E-state index contributed by atoms with van der Waals surface area (Å²) in [5.41, 5.74) is 0. The lowest BCUT2D eigenvalue weighted by atomic mass is 10.2. The smallest absolute Gasteiger partial charge is 0.245 e. The molecule has 5 heteroatoms. The fourth-order valence-electron chi connectivity index (χ4n) is 1.49. The molecule has 14 heavy (non-hydrogen) atoms. The second kappa shape index (κ2) is 4.75. The maximum Gasteiger partial charge on any atom is 0.245 e. The molecular weight excluding hydrogens is 204 g/mol. The van der Waals surface area contributed by atoms with Crippen LogP contribution in [0.5, 0.6) is 0 Å². The molecule has 2 heterocycles. The number of aryl methyl sites for hydroxylation is 1. The highest BCUT2D eigenvalue weighted by atomic mass is 35.5. The van der Waals surface area contributed by atoms with Crippen molar-refractivity contribution in [2.45, 2.75) is 31.8 Å². The van der Waals surface area contributed by atoms with Crippen molar-refractivity contribution in [1.29, 1.82) is 0 Å². The highest BCUT2D eigenvalue weighted by Crippen LogP contribution is 2.27. The van der Waals surface area contributed by atoms with Crippen LogP contribution in [0.1, 0.15) is 37.1 Å². The van der Waals surface area contributed by atoms with E-state index in [9.17, 15) is 0 Å². The third-order valence-corrected chi connectivity index (χ3v) is 2.48. The van der Waals surface area contributed by atoms with E-state index in [2.05, 4.69) is 10.2 Å². The summed E-state index contributed by atoms with van der Waals surface area (Å²) in [7, 11) is 0. The minimum Gasteiger partial charge on any atom is -0.422 e. The van der Waals surface area contributed by atoms with Crippen LogP contribution in [-0.2, 0) is 11.2 Å². The quantitative estimate of drug-likeness (QED) is 0.724. The Morgan fingerprint density at radius 1 is 1.43 bits per heavy atom. The molecule has 1 aliphatic heterocycles. The summed E-state index contributed by atoms with van der Waals surface area (Å²) in [6, 6.07) is 0. The van der Waals surface area contributed by atoms with Gasteiger partial charge in [-0.25, -0.2) is 0 Å². The molecule has 0 aliphatic carbocycles. The molecule has 1 aromatic rings. The molecule has 4 nitrogen and oxygen atoms in total. The van der Waals surface area contributed by atoms with Crippen molar-refractivity contribution in [3.05, 3.63) is 11.8 Å². The molecule has 1 unspecified atom stereocenters. The number of nitrogens with zero attached hydrogens (tertiary/aromatic N) is 2. The minimum absolute atomic E-state index is 0.0206. The number of ether oxygens (including phenoxy) is 1. The number of halogens is 1. The molecule has 0 bridgehead atoms. The van der Waals surface area contributed by atoms with E-state index in [1.807, 2.05) is 0 Å². The number of hydrogen-bond acceptors (Lipinski definition) is 4. The van der Waals surface area contributed by atoms with E-state index < -0.39 is 0 Å². The third-order valence-electron chi connectivity index (χ3n) is 2.21. The number of alkyl halides is 1. The summed E-state index contributed by atoms with van der Waals surface area (Å²) in [5.74, 6) is 1.90. The third kappa shape index (κ3) is 2.25. The van der Waals surface area contributed by atoms with Gasteiger partial charge in [0.15, 0.2) is 0 Å². The van der Waals surface area contributed by atoms with Gasteiger partial charge in [-0.15, -0.1) is 21.8 Å². The summed E-state index contributed by atoms with van der Waals surface area (Å²) < 4.78 is 10.9. The summed E-state index contributed by atoms with van der Waals surface area (Å²) >= 11 is 5.57. The monoisotopic (exact) mass is 216 g/mol. The highest BCUT2D eigenvalue weighted by molar-refractivity contribution is 6.17. The first-order chi connectivity index (χ1) is 6.90. The Morgan fingerprint density at radius 2 is 2.36 bits per heavy atom. The largest absolute Gasteiger partial charge is 0.422 e. The molecule has 0 saturated carbocycles. The zero-order chi connectivity index (χ0) is 9.80. The fraction of sp³-hybridized carbons (Fsp3) is 0.778. The van der Waals surface area contributed by atoms with Crippen LogP contribution in [0.4, 0.5) is 0 Å². The lowest BCUT2D eigenvalue weighted by Gasteiger charge is -2.01. The van der Waals surface area contributed by atoms with Gasteiger partial charge in [-0.3, -0.25) is 0 Å². The minimum atomic E-state index is 0.0206. The molecule has 1 saturated heterocycles. The maximum atomic E-state index is 5.57. The maximum absolute atomic E-state index is 5.57. The van der Waals surface area contributed by atoms with Crippen LogP contribution in [0.25, 0.3) is 0 Å². The standard InChI is InChI=1S/C9H13ClN2O2/c10-5-1-4-8-11-12-9(14-8)7-3-2-6-13-7/h7H,1-6H2. The van der Waals surface area contributed by atoms with Gasteiger partial charge in [-0.1, -0.05) is 0 Å². The zero-order valence-corrected chi connectivity index (χ0v) is 8.66. The van der Waals surface area contributed by atoms with Gasteiger partial charge < -0.3 is 9.15 Å². The molecular formula is C9H13ClN2O2. The van der Waals surface area contributed by atoms with Crippen molar-refractivity contribution < 1.29 is 9.15 Å². The van der Waals surface area contributed by atoms with Crippen molar-refractivity contribution in [3.63, 3.8) is 0 Å². The van der Waals surface area contributed by atoms with E-state index in [0.29, 0.717) is 17.7 Å². The van der Waals surface area contributed by atoms with E-state index in [1.165, 1.54) is 0 Å². The lowest BCUT2D eigenvalue weighted by Crippen LogP contribution is -1.95. The molecule has 2 rings (SSSR count). The molecule has 0 amide bonds. The molecule has 78 valence electrons. The number of aromatic nitrogens is 2. The van der Waals surface area contributed by atoms with E-state index in [4.69, 9.17) is 20.8 Å². The number of hydrogen-bond donors (Lipinski definition) is 0. The van der Waals surface area contributed by atoms with Gasteiger partial charge in [-0.05, 0) is 19.3 Å². The second-order valence-corrected chi connectivity index (χ2v) is 3.71. The molecule has 1 atom stereocenters. The van der Waals surface area contributed by atoms with E-state index in [-0.39, 0.29) is 6.10 Å². The fourth-order valence-corrected chi connectivity index (χ4v) is 1.62. The average molecular weight is 217 g/mol. The van der Waals surface area contributed by atoms with Gasteiger partial charge >= 0.3 is 0 Å². The van der Waals surface area contributed by atoms with Crippen molar-refractivity contribution in [2.75, 3.05) is 12.5 Å². The van der Waals surface area contributed by atoms with Crippen molar-refractivity contribution >= 4 is 11.6 Å². The Hall–Kier alpha value is -0.610. The van der Waals surface area contributed by atoms with Crippen LogP contribution in [0.15, 0.2) is 4.42 Å². The first kappa shape index (κ1) is 9.93. The second-order valence-electron chi connectivity index (χ2n) is 3.33. The Balaban J connectivity index is 1.94. The average Bonchev–Trinajstić information content (AvgIpc) is 2.85. The Morgan fingerprint density at radius 3 is 3.07 bits per heavy atom. The Labute approximate surface area is 87.6 Å². The molecule has 1 aliphatic rings.